The predicted molar refractivity (Wildman–Crippen MR) is 53.8 cm³/mol. The van der Waals surface area contributed by atoms with Crippen LogP contribution in [0, 0.1) is 6.92 Å². The fraction of sp³-hybridized carbons (Fsp3) is 0.200. The van der Waals surface area contributed by atoms with Crippen LogP contribution in [0.2, 0.25) is 0 Å². The Morgan fingerprint density at radius 3 is 2.55 bits per heavy atom. The summed E-state index contributed by atoms with van der Waals surface area (Å²) in [5, 5.41) is 0. The van der Waals surface area contributed by atoms with Crippen molar-refractivity contribution in [2.75, 3.05) is 0 Å². The van der Waals surface area contributed by atoms with Gasteiger partial charge in [-0.05, 0) is 36.0 Å². The Bertz CT molecular complexity index is 270. The van der Waals surface area contributed by atoms with Gasteiger partial charge in [-0.1, -0.05) is 24.3 Å². The van der Waals surface area contributed by atoms with Gasteiger partial charge in [-0.25, -0.2) is 0 Å². The fourth-order valence-corrected chi connectivity index (χ4v) is 1.11. The van der Waals surface area contributed by atoms with E-state index in [9.17, 15) is 0 Å². The average Bonchev–Trinajstić information content (AvgIpc) is 1.93. The van der Waals surface area contributed by atoms with Gasteiger partial charge in [0.2, 0.25) is 0 Å². The van der Waals surface area contributed by atoms with Gasteiger partial charge in [-0.15, -0.1) is 12.6 Å². The van der Waals surface area contributed by atoms with E-state index in [1.165, 1.54) is 11.1 Å². The number of thiol groups is 1. The van der Waals surface area contributed by atoms with Crippen molar-refractivity contribution in [3.05, 3.63) is 40.3 Å². The molecule has 0 aromatic heterocycles. The summed E-state index contributed by atoms with van der Waals surface area (Å²) in [6.45, 7) is 4.08. The summed E-state index contributed by atoms with van der Waals surface area (Å²) in [4.78, 5) is 1.04. The maximum absolute atomic E-state index is 4.22. The monoisotopic (exact) mass is 164 g/mol. The number of allylic oxidation sites excluding steroid dienone is 1. The van der Waals surface area contributed by atoms with Crippen LogP contribution in [-0.4, -0.2) is 0 Å². The number of rotatable bonds is 1. The van der Waals surface area contributed by atoms with Gasteiger partial charge in [-0.2, -0.15) is 0 Å². The molecule has 0 saturated heterocycles. The van der Waals surface area contributed by atoms with E-state index in [0.717, 1.165) is 4.91 Å². The van der Waals surface area contributed by atoms with E-state index >= 15 is 0 Å². The molecular formula is C10H12S. The third-order valence-electron chi connectivity index (χ3n) is 1.55. The molecule has 0 unspecified atom stereocenters. The molecule has 11 heavy (non-hydrogen) atoms. The van der Waals surface area contributed by atoms with Gasteiger partial charge in [0.05, 0.1) is 0 Å². The molecule has 0 nitrogen and oxygen atoms in total. The molecule has 0 aliphatic rings. The van der Waals surface area contributed by atoms with Crippen molar-refractivity contribution in [3.63, 3.8) is 0 Å². The van der Waals surface area contributed by atoms with Crippen molar-refractivity contribution >= 4 is 18.7 Å². The standard InChI is InChI=1S/C10H12S/c1-8-5-3-4-6-10(8)7-9(2)11/h3-7,11H,1-2H3/b9-7-. The van der Waals surface area contributed by atoms with E-state index in [-0.39, 0.29) is 0 Å². The van der Waals surface area contributed by atoms with Crippen LogP contribution in [0.15, 0.2) is 29.2 Å². The van der Waals surface area contributed by atoms with Crippen LogP contribution in [0.1, 0.15) is 18.1 Å². The minimum absolute atomic E-state index is 1.04. The highest BCUT2D eigenvalue weighted by Crippen LogP contribution is 2.12. The van der Waals surface area contributed by atoms with E-state index in [4.69, 9.17) is 0 Å². The predicted octanol–water partition coefficient (Wildman–Crippen LogP) is 3.29. The lowest BCUT2D eigenvalue weighted by atomic mass is 10.1. The van der Waals surface area contributed by atoms with Gasteiger partial charge in [-0.3, -0.25) is 0 Å². The molecule has 0 fully saturated rings. The van der Waals surface area contributed by atoms with Crippen molar-refractivity contribution in [1.82, 2.24) is 0 Å². The molecule has 1 heteroatoms. The van der Waals surface area contributed by atoms with E-state index in [2.05, 4.69) is 37.8 Å². The first-order valence-electron chi connectivity index (χ1n) is 3.63. The largest absolute Gasteiger partial charge is 0.148 e. The Kier molecular flexibility index (Phi) is 2.77. The van der Waals surface area contributed by atoms with Crippen LogP contribution in [0.3, 0.4) is 0 Å². The Labute approximate surface area is 73.4 Å². The van der Waals surface area contributed by atoms with E-state index in [1.54, 1.807) is 0 Å². The van der Waals surface area contributed by atoms with Crippen molar-refractivity contribution in [1.29, 1.82) is 0 Å². The lowest BCUT2D eigenvalue weighted by Gasteiger charge is -1.98. The summed E-state index contributed by atoms with van der Waals surface area (Å²) in [5.74, 6) is 0. The van der Waals surface area contributed by atoms with Crippen LogP contribution in [0.4, 0.5) is 0 Å². The van der Waals surface area contributed by atoms with Gasteiger partial charge in [0.15, 0.2) is 0 Å². The van der Waals surface area contributed by atoms with Crippen LogP contribution in [0.25, 0.3) is 6.08 Å². The van der Waals surface area contributed by atoms with Gasteiger partial charge in [0.25, 0.3) is 0 Å². The minimum Gasteiger partial charge on any atom is -0.148 e. The SMILES string of the molecule is C/C(S)=C/c1ccccc1C. The summed E-state index contributed by atoms with van der Waals surface area (Å²) in [6.07, 6.45) is 2.07. The summed E-state index contributed by atoms with van der Waals surface area (Å²) < 4.78 is 0. The molecule has 0 saturated carbocycles. The number of hydrogen-bond acceptors (Lipinski definition) is 1. The van der Waals surface area contributed by atoms with Gasteiger partial charge < -0.3 is 0 Å². The molecule has 0 heterocycles. The topological polar surface area (TPSA) is 0 Å². The highest BCUT2D eigenvalue weighted by Gasteiger charge is 1.90. The lowest BCUT2D eigenvalue weighted by Crippen LogP contribution is -1.77. The third kappa shape index (κ3) is 2.43. The second-order valence-corrected chi connectivity index (χ2v) is 3.35. The van der Waals surface area contributed by atoms with E-state index in [1.807, 2.05) is 19.1 Å². The number of aryl methyl sites for hydroxylation is 1. The van der Waals surface area contributed by atoms with Gasteiger partial charge in [0, 0.05) is 0 Å². The van der Waals surface area contributed by atoms with Crippen LogP contribution in [-0.2, 0) is 0 Å². The first kappa shape index (κ1) is 8.41. The molecule has 1 aromatic rings. The zero-order valence-corrected chi connectivity index (χ0v) is 7.73. The van der Waals surface area contributed by atoms with Crippen LogP contribution >= 0.6 is 12.6 Å². The molecule has 0 bridgehead atoms. The maximum atomic E-state index is 4.22. The molecule has 0 radical (unpaired) electrons. The van der Waals surface area contributed by atoms with Crippen molar-refractivity contribution < 1.29 is 0 Å². The Hall–Kier alpha value is -0.690. The zero-order chi connectivity index (χ0) is 8.27. The quantitative estimate of drug-likeness (QED) is 0.605. The Morgan fingerprint density at radius 2 is 2.00 bits per heavy atom. The minimum atomic E-state index is 1.04. The van der Waals surface area contributed by atoms with Gasteiger partial charge >= 0.3 is 0 Å². The Morgan fingerprint density at radius 1 is 1.36 bits per heavy atom. The average molecular weight is 164 g/mol. The molecule has 0 amide bonds. The maximum Gasteiger partial charge on any atom is -0.0209 e. The second-order valence-electron chi connectivity index (χ2n) is 2.64. The molecule has 0 N–H and O–H groups in total. The van der Waals surface area contributed by atoms with Crippen LogP contribution in [0.5, 0.6) is 0 Å². The summed E-state index contributed by atoms with van der Waals surface area (Å²) in [6, 6.07) is 8.27. The first-order valence-corrected chi connectivity index (χ1v) is 4.08. The molecule has 0 spiro atoms. The molecular weight excluding hydrogens is 152 g/mol. The van der Waals surface area contributed by atoms with Crippen molar-refractivity contribution in [2.45, 2.75) is 13.8 Å². The third-order valence-corrected chi connectivity index (χ3v) is 1.68. The van der Waals surface area contributed by atoms with Crippen LogP contribution < -0.4 is 0 Å². The molecule has 1 rings (SSSR count). The van der Waals surface area contributed by atoms with E-state index in [0.29, 0.717) is 0 Å². The first-order chi connectivity index (χ1) is 5.20. The zero-order valence-electron chi connectivity index (χ0n) is 6.83. The number of benzene rings is 1. The van der Waals surface area contributed by atoms with Gasteiger partial charge in [0.1, 0.15) is 0 Å². The van der Waals surface area contributed by atoms with Crippen molar-refractivity contribution in [2.24, 2.45) is 0 Å². The summed E-state index contributed by atoms with van der Waals surface area (Å²) in [7, 11) is 0. The Balaban J connectivity index is 3.04. The second kappa shape index (κ2) is 3.63. The molecule has 0 atom stereocenters. The van der Waals surface area contributed by atoms with E-state index < -0.39 is 0 Å². The van der Waals surface area contributed by atoms with Crippen molar-refractivity contribution in [3.8, 4) is 0 Å². The number of hydrogen-bond donors (Lipinski definition) is 1. The highest BCUT2D eigenvalue weighted by molar-refractivity contribution is 7.84. The normalized spacial score (nSPS) is 11.7. The molecule has 58 valence electrons. The fourth-order valence-electron chi connectivity index (χ4n) is 0.974. The molecule has 0 aliphatic carbocycles. The lowest BCUT2D eigenvalue weighted by molar-refractivity contribution is 1.44. The molecule has 0 aliphatic heterocycles. The highest BCUT2D eigenvalue weighted by atomic mass is 32.1. The smallest absolute Gasteiger partial charge is 0.0209 e. The summed E-state index contributed by atoms with van der Waals surface area (Å²) in [5.41, 5.74) is 2.54. The molecule has 1 aromatic carbocycles. The summed E-state index contributed by atoms with van der Waals surface area (Å²) >= 11 is 4.22.